The molecule has 1 aliphatic rings. The van der Waals surface area contributed by atoms with Crippen molar-refractivity contribution in [2.45, 2.75) is 6.17 Å². The molecule has 4 nitrogen and oxygen atoms in total. The third kappa shape index (κ3) is 4.78. The van der Waals surface area contributed by atoms with Crippen LogP contribution in [0.25, 0.3) is 90.9 Å². The molecule has 1 unspecified atom stereocenters. The summed E-state index contributed by atoms with van der Waals surface area (Å²) in [5.41, 5.74) is 6.87. The average molecular weight is 733 g/mol. The first-order valence-corrected chi connectivity index (χ1v) is 19.7. The normalized spacial score (nSPS) is 14.6. The van der Waals surface area contributed by atoms with Crippen LogP contribution >= 0.6 is 11.3 Å². The second-order valence-corrected chi connectivity index (χ2v) is 15.5. The van der Waals surface area contributed by atoms with Crippen molar-refractivity contribution in [1.29, 1.82) is 0 Å². The summed E-state index contributed by atoms with van der Waals surface area (Å²) in [6.45, 7) is 0. The summed E-state index contributed by atoms with van der Waals surface area (Å²) in [6.07, 6.45) is -0.450. The smallest absolute Gasteiger partial charge is 0.136 e. The lowest BCUT2D eigenvalue weighted by molar-refractivity contribution is 0.669. The van der Waals surface area contributed by atoms with E-state index in [1.54, 1.807) is 11.3 Å². The maximum Gasteiger partial charge on any atom is 0.136 e. The minimum Gasteiger partial charge on any atom is -0.456 e. The minimum atomic E-state index is -0.450. The molecule has 262 valence electrons. The molecule has 3 heterocycles. The Morgan fingerprint density at radius 3 is 1.91 bits per heavy atom. The van der Waals surface area contributed by atoms with Crippen molar-refractivity contribution in [1.82, 2.24) is 0 Å². The molecular formula is C51H30N3OS-. The van der Waals surface area contributed by atoms with E-state index in [0.717, 1.165) is 49.8 Å². The van der Waals surface area contributed by atoms with Gasteiger partial charge in [0.1, 0.15) is 11.2 Å². The summed E-state index contributed by atoms with van der Waals surface area (Å²) < 4.78 is 9.11. The van der Waals surface area contributed by atoms with E-state index in [4.69, 9.17) is 19.7 Å². The first-order valence-electron chi connectivity index (χ1n) is 18.9. The van der Waals surface area contributed by atoms with Crippen molar-refractivity contribution in [3.8, 4) is 11.1 Å². The van der Waals surface area contributed by atoms with Crippen LogP contribution in [0.15, 0.2) is 190 Å². The predicted molar refractivity (Wildman–Crippen MR) is 237 cm³/mol. The number of hydrogen-bond donors (Lipinski definition) is 0. The molecule has 5 heteroatoms. The largest absolute Gasteiger partial charge is 0.456 e. The zero-order chi connectivity index (χ0) is 36.7. The van der Waals surface area contributed by atoms with Crippen LogP contribution in [-0.2, 0) is 0 Å². The average Bonchev–Trinajstić information content (AvgIpc) is 3.85. The Kier molecular flexibility index (Phi) is 6.83. The number of aliphatic imine (C=N–C) groups is 2. The van der Waals surface area contributed by atoms with Crippen LogP contribution in [0.1, 0.15) is 22.9 Å². The van der Waals surface area contributed by atoms with Gasteiger partial charge in [0.2, 0.25) is 0 Å². The van der Waals surface area contributed by atoms with Gasteiger partial charge in [-0.1, -0.05) is 151 Å². The van der Waals surface area contributed by atoms with Crippen molar-refractivity contribution < 1.29 is 4.42 Å². The fourth-order valence-electron chi connectivity index (χ4n) is 8.68. The van der Waals surface area contributed by atoms with E-state index in [1.165, 1.54) is 52.5 Å². The lowest BCUT2D eigenvalue weighted by Crippen LogP contribution is -2.15. The summed E-state index contributed by atoms with van der Waals surface area (Å²) in [4.78, 5) is 10.2. The third-order valence-corrected chi connectivity index (χ3v) is 12.5. The lowest BCUT2D eigenvalue weighted by Gasteiger charge is -2.32. The van der Waals surface area contributed by atoms with Crippen LogP contribution in [0.4, 0.5) is 0 Å². The van der Waals surface area contributed by atoms with E-state index in [1.807, 2.05) is 18.2 Å². The summed E-state index contributed by atoms with van der Waals surface area (Å²) in [5.74, 6) is 1.31. The molecule has 1 atom stereocenters. The minimum absolute atomic E-state index is 0.450. The summed E-state index contributed by atoms with van der Waals surface area (Å²) in [6, 6.07) is 62.3. The maximum absolute atomic E-state index is 6.65. The Morgan fingerprint density at radius 2 is 1.11 bits per heavy atom. The molecular weight excluding hydrogens is 703 g/mol. The maximum atomic E-state index is 6.65. The fourth-order valence-corrected chi connectivity index (χ4v) is 9.91. The van der Waals surface area contributed by atoms with Gasteiger partial charge in [0.25, 0.3) is 0 Å². The zero-order valence-corrected chi connectivity index (χ0v) is 30.8. The van der Waals surface area contributed by atoms with Gasteiger partial charge in [-0.25, -0.2) is 0 Å². The van der Waals surface area contributed by atoms with Crippen molar-refractivity contribution in [2.75, 3.05) is 0 Å². The highest BCUT2D eigenvalue weighted by Crippen LogP contribution is 2.44. The molecule has 0 bridgehead atoms. The molecule has 0 radical (unpaired) electrons. The van der Waals surface area contributed by atoms with Gasteiger partial charge in [0.15, 0.2) is 0 Å². The first kappa shape index (κ1) is 31.3. The second-order valence-electron chi connectivity index (χ2n) is 14.4. The Bertz CT molecular complexity index is 3430. The molecule has 12 rings (SSSR count). The van der Waals surface area contributed by atoms with Gasteiger partial charge in [0.05, 0.1) is 12.0 Å². The van der Waals surface area contributed by atoms with E-state index >= 15 is 0 Å². The van der Waals surface area contributed by atoms with Crippen LogP contribution in [0.5, 0.6) is 0 Å². The Morgan fingerprint density at radius 1 is 0.464 bits per heavy atom. The van der Waals surface area contributed by atoms with Gasteiger partial charge < -0.3 is 14.7 Å². The molecule has 0 saturated carbocycles. The van der Waals surface area contributed by atoms with E-state index in [9.17, 15) is 0 Å². The lowest BCUT2D eigenvalue weighted by atomic mass is 9.91. The zero-order valence-electron chi connectivity index (χ0n) is 30.0. The van der Waals surface area contributed by atoms with Crippen LogP contribution < -0.4 is 0 Å². The topological polar surface area (TPSA) is 52.0 Å². The predicted octanol–water partition coefficient (Wildman–Crippen LogP) is 14.4. The van der Waals surface area contributed by atoms with Crippen molar-refractivity contribution in [3.63, 3.8) is 0 Å². The van der Waals surface area contributed by atoms with E-state index in [2.05, 4.69) is 158 Å². The number of amidine groups is 2. The summed E-state index contributed by atoms with van der Waals surface area (Å²) >= 11 is 1.80. The van der Waals surface area contributed by atoms with Gasteiger partial charge in [0, 0.05) is 30.9 Å². The number of furan rings is 1. The molecule has 0 saturated heterocycles. The van der Waals surface area contributed by atoms with Gasteiger partial charge in [-0.3, -0.25) is 4.99 Å². The van der Waals surface area contributed by atoms with Gasteiger partial charge >= 0.3 is 0 Å². The molecule has 0 spiro atoms. The third-order valence-electron chi connectivity index (χ3n) is 11.3. The quantitative estimate of drug-likeness (QED) is 0.166. The van der Waals surface area contributed by atoms with Crippen LogP contribution in [0, 0.1) is 0 Å². The first-order chi connectivity index (χ1) is 27.7. The number of nitrogens with zero attached hydrogens (tertiary/aromatic N) is 3. The summed E-state index contributed by atoms with van der Waals surface area (Å²) in [5, 5.41) is 17.5. The van der Waals surface area contributed by atoms with E-state index in [-0.39, 0.29) is 0 Å². The molecule has 0 aliphatic carbocycles. The van der Waals surface area contributed by atoms with Gasteiger partial charge in [-0.15, -0.1) is 11.3 Å². The highest BCUT2D eigenvalue weighted by molar-refractivity contribution is 7.26. The van der Waals surface area contributed by atoms with E-state index < -0.39 is 6.17 Å². The molecule has 9 aromatic carbocycles. The van der Waals surface area contributed by atoms with Crippen LogP contribution in [0.3, 0.4) is 0 Å². The highest BCUT2D eigenvalue weighted by Gasteiger charge is 2.20. The van der Waals surface area contributed by atoms with Crippen molar-refractivity contribution in [2.24, 2.45) is 9.98 Å². The Hall–Kier alpha value is -7.08. The molecule has 2 aromatic heterocycles. The van der Waals surface area contributed by atoms with Crippen LogP contribution in [0.2, 0.25) is 0 Å². The monoisotopic (exact) mass is 732 g/mol. The molecule has 56 heavy (non-hydrogen) atoms. The van der Waals surface area contributed by atoms with E-state index in [0.29, 0.717) is 11.7 Å². The Balaban J connectivity index is 0.992. The van der Waals surface area contributed by atoms with Gasteiger partial charge in [-0.05, 0) is 90.5 Å². The van der Waals surface area contributed by atoms with Crippen molar-refractivity contribution >= 4 is 97.4 Å². The molecule has 0 fully saturated rings. The van der Waals surface area contributed by atoms with Gasteiger partial charge in [-0.2, -0.15) is 0 Å². The molecule has 11 aromatic rings. The van der Waals surface area contributed by atoms with Crippen LogP contribution in [-0.4, -0.2) is 11.7 Å². The SMILES string of the molecule is c1ccc(C2=NC(c3cccc4c3sc3ccccc34)[N-]C(c3ccc4c(c3)oc3cccc(-c5ccc6c7ccccc7c7ccccc7c6c5)c34)=N2)cc1. The highest BCUT2D eigenvalue weighted by atomic mass is 32.1. The number of benzene rings is 9. The molecule has 0 amide bonds. The second kappa shape index (κ2) is 12.2. The number of fused-ring (bicyclic) bond motifs is 12. The number of rotatable bonds is 4. The fraction of sp³-hybridized carbons (Fsp3) is 0.0196. The standard InChI is InChI=1S/C51H30N3OS/c1-2-12-30(13-3-1)49-52-50(54-51(53-49)42-21-10-20-40-39-18-8-9-23-46(39)56-48(40)42)32-25-27-41-45(29-32)55-44-22-11-19-33(47(41)44)31-24-26-38-36-16-5-4-14-34(36)35-15-6-7-17-37(35)43(38)28-31/h1-29,51H/q-1. The molecule has 0 N–H and O–H groups in total. The Labute approximate surface area is 325 Å². The number of thiophene rings is 1. The van der Waals surface area contributed by atoms with Crippen molar-refractivity contribution in [3.05, 3.63) is 198 Å². The summed E-state index contributed by atoms with van der Waals surface area (Å²) in [7, 11) is 0. The number of hydrogen-bond acceptors (Lipinski definition) is 4. The molecule has 1 aliphatic heterocycles.